The van der Waals surface area contributed by atoms with Gasteiger partial charge in [0.1, 0.15) is 0 Å². The van der Waals surface area contributed by atoms with Crippen LogP contribution in [0.1, 0.15) is 33.6 Å². The van der Waals surface area contributed by atoms with Crippen molar-refractivity contribution < 1.29 is 0 Å². The standard InChI is InChI=1S/C10H22N2/c1-4-7-12-8-9(2)11-6-5-10(12)3/h9-11H,4-8H2,1-3H3. The van der Waals surface area contributed by atoms with Crippen molar-refractivity contribution in [3.63, 3.8) is 0 Å². The van der Waals surface area contributed by atoms with E-state index in [4.69, 9.17) is 0 Å². The molecule has 0 amide bonds. The first-order valence-corrected chi connectivity index (χ1v) is 5.21. The van der Waals surface area contributed by atoms with Gasteiger partial charge in [-0.15, -0.1) is 0 Å². The lowest BCUT2D eigenvalue weighted by Gasteiger charge is -2.27. The molecule has 0 saturated carbocycles. The first kappa shape index (κ1) is 10.0. The Balaban J connectivity index is 2.42. The zero-order valence-corrected chi connectivity index (χ0v) is 8.64. The van der Waals surface area contributed by atoms with E-state index in [1.807, 2.05) is 0 Å². The molecule has 12 heavy (non-hydrogen) atoms. The Bertz CT molecular complexity index is 125. The van der Waals surface area contributed by atoms with Gasteiger partial charge in [0.25, 0.3) is 0 Å². The molecule has 0 aromatic heterocycles. The molecule has 0 aromatic rings. The van der Waals surface area contributed by atoms with Crippen molar-refractivity contribution in [3.05, 3.63) is 0 Å². The summed E-state index contributed by atoms with van der Waals surface area (Å²) in [7, 11) is 0. The third-order valence-corrected chi connectivity index (χ3v) is 2.70. The fourth-order valence-corrected chi connectivity index (χ4v) is 1.92. The van der Waals surface area contributed by atoms with E-state index in [1.165, 1.54) is 32.5 Å². The molecule has 0 bridgehead atoms. The Labute approximate surface area is 76.3 Å². The van der Waals surface area contributed by atoms with Crippen LogP contribution in [0.3, 0.4) is 0 Å². The van der Waals surface area contributed by atoms with Crippen LogP contribution in [0.2, 0.25) is 0 Å². The molecule has 2 unspecified atom stereocenters. The van der Waals surface area contributed by atoms with Gasteiger partial charge in [-0.25, -0.2) is 0 Å². The molecule has 72 valence electrons. The van der Waals surface area contributed by atoms with Gasteiger partial charge in [-0.3, -0.25) is 4.90 Å². The van der Waals surface area contributed by atoms with Gasteiger partial charge in [0.05, 0.1) is 0 Å². The maximum atomic E-state index is 3.52. The van der Waals surface area contributed by atoms with Crippen LogP contribution in [-0.4, -0.2) is 36.6 Å². The van der Waals surface area contributed by atoms with E-state index in [0.29, 0.717) is 6.04 Å². The Morgan fingerprint density at radius 3 is 2.83 bits per heavy atom. The van der Waals surface area contributed by atoms with Crippen LogP contribution in [0.4, 0.5) is 0 Å². The minimum Gasteiger partial charge on any atom is -0.313 e. The second-order valence-electron chi connectivity index (χ2n) is 3.99. The van der Waals surface area contributed by atoms with E-state index in [-0.39, 0.29) is 0 Å². The SMILES string of the molecule is CCCN1CC(C)NCCC1C. The van der Waals surface area contributed by atoms with Gasteiger partial charge >= 0.3 is 0 Å². The minimum atomic E-state index is 0.668. The molecule has 0 spiro atoms. The Morgan fingerprint density at radius 2 is 2.17 bits per heavy atom. The first-order chi connectivity index (χ1) is 5.74. The lowest BCUT2D eigenvalue weighted by molar-refractivity contribution is 0.208. The maximum absolute atomic E-state index is 3.52. The summed E-state index contributed by atoms with van der Waals surface area (Å²) >= 11 is 0. The predicted octanol–water partition coefficient (Wildman–Crippen LogP) is 1.47. The topological polar surface area (TPSA) is 15.3 Å². The van der Waals surface area contributed by atoms with Gasteiger partial charge in [-0.1, -0.05) is 6.92 Å². The van der Waals surface area contributed by atoms with Crippen LogP contribution < -0.4 is 5.32 Å². The maximum Gasteiger partial charge on any atom is 0.0166 e. The van der Waals surface area contributed by atoms with Gasteiger partial charge in [-0.05, 0) is 39.8 Å². The number of hydrogen-bond donors (Lipinski definition) is 1. The molecule has 1 rings (SSSR count). The molecule has 0 aliphatic carbocycles. The van der Waals surface area contributed by atoms with Crippen LogP contribution in [0.5, 0.6) is 0 Å². The number of nitrogens with one attached hydrogen (secondary N) is 1. The third-order valence-electron chi connectivity index (χ3n) is 2.70. The zero-order chi connectivity index (χ0) is 8.97. The van der Waals surface area contributed by atoms with Crippen molar-refractivity contribution in [2.75, 3.05) is 19.6 Å². The first-order valence-electron chi connectivity index (χ1n) is 5.21. The molecule has 1 fully saturated rings. The summed E-state index contributed by atoms with van der Waals surface area (Å²) in [4.78, 5) is 2.60. The molecule has 0 aromatic carbocycles. The molecule has 1 aliphatic rings. The lowest BCUT2D eigenvalue weighted by atomic mass is 10.2. The average molecular weight is 170 g/mol. The molecule has 0 radical (unpaired) electrons. The van der Waals surface area contributed by atoms with Gasteiger partial charge in [0.15, 0.2) is 0 Å². The second-order valence-corrected chi connectivity index (χ2v) is 3.99. The van der Waals surface area contributed by atoms with Crippen molar-refractivity contribution in [3.8, 4) is 0 Å². The lowest BCUT2D eigenvalue weighted by Crippen LogP contribution is -2.38. The summed E-state index contributed by atoms with van der Waals surface area (Å²) in [5.41, 5.74) is 0. The second kappa shape index (κ2) is 4.83. The molecular weight excluding hydrogens is 148 g/mol. The Morgan fingerprint density at radius 1 is 1.42 bits per heavy atom. The normalized spacial score (nSPS) is 33.2. The highest BCUT2D eigenvalue weighted by Gasteiger charge is 2.18. The zero-order valence-electron chi connectivity index (χ0n) is 8.64. The van der Waals surface area contributed by atoms with E-state index in [0.717, 1.165) is 6.04 Å². The quantitative estimate of drug-likeness (QED) is 0.675. The van der Waals surface area contributed by atoms with Gasteiger partial charge < -0.3 is 5.32 Å². The van der Waals surface area contributed by atoms with Crippen molar-refractivity contribution in [1.82, 2.24) is 10.2 Å². The minimum absolute atomic E-state index is 0.668. The molecule has 1 N–H and O–H groups in total. The summed E-state index contributed by atoms with van der Waals surface area (Å²) in [6.45, 7) is 10.5. The third kappa shape index (κ3) is 2.76. The monoisotopic (exact) mass is 170 g/mol. The van der Waals surface area contributed by atoms with E-state index in [2.05, 4.69) is 31.0 Å². The predicted molar refractivity (Wildman–Crippen MR) is 53.4 cm³/mol. The highest BCUT2D eigenvalue weighted by molar-refractivity contribution is 4.77. The summed E-state index contributed by atoms with van der Waals surface area (Å²) in [5.74, 6) is 0. The number of nitrogens with zero attached hydrogens (tertiary/aromatic N) is 1. The number of hydrogen-bond acceptors (Lipinski definition) is 2. The van der Waals surface area contributed by atoms with E-state index in [1.54, 1.807) is 0 Å². The van der Waals surface area contributed by atoms with Gasteiger partial charge in [0.2, 0.25) is 0 Å². The Kier molecular flexibility index (Phi) is 4.02. The van der Waals surface area contributed by atoms with Gasteiger partial charge in [0, 0.05) is 18.6 Å². The Hall–Kier alpha value is -0.0800. The molecular formula is C10H22N2. The fourth-order valence-electron chi connectivity index (χ4n) is 1.92. The smallest absolute Gasteiger partial charge is 0.0166 e. The van der Waals surface area contributed by atoms with Crippen LogP contribution in [0.15, 0.2) is 0 Å². The molecule has 1 saturated heterocycles. The average Bonchev–Trinajstić information content (AvgIpc) is 2.16. The van der Waals surface area contributed by atoms with Crippen molar-refractivity contribution in [1.29, 1.82) is 0 Å². The summed E-state index contributed by atoms with van der Waals surface area (Å²) in [6, 6.07) is 1.43. The fraction of sp³-hybridized carbons (Fsp3) is 1.00. The molecule has 2 heteroatoms. The van der Waals surface area contributed by atoms with Crippen molar-refractivity contribution in [2.45, 2.75) is 45.7 Å². The summed E-state index contributed by atoms with van der Waals surface area (Å²) < 4.78 is 0. The van der Waals surface area contributed by atoms with E-state index in [9.17, 15) is 0 Å². The highest BCUT2D eigenvalue weighted by Crippen LogP contribution is 2.08. The number of rotatable bonds is 2. The van der Waals surface area contributed by atoms with Crippen LogP contribution >= 0.6 is 0 Å². The molecule has 2 atom stereocenters. The van der Waals surface area contributed by atoms with E-state index >= 15 is 0 Å². The molecule has 2 nitrogen and oxygen atoms in total. The van der Waals surface area contributed by atoms with Crippen molar-refractivity contribution in [2.24, 2.45) is 0 Å². The van der Waals surface area contributed by atoms with Crippen LogP contribution in [-0.2, 0) is 0 Å². The molecule has 1 aliphatic heterocycles. The van der Waals surface area contributed by atoms with Crippen LogP contribution in [0, 0.1) is 0 Å². The summed E-state index contributed by atoms with van der Waals surface area (Å²) in [5, 5.41) is 3.52. The van der Waals surface area contributed by atoms with Gasteiger partial charge in [-0.2, -0.15) is 0 Å². The van der Waals surface area contributed by atoms with E-state index < -0.39 is 0 Å². The largest absolute Gasteiger partial charge is 0.313 e. The van der Waals surface area contributed by atoms with Crippen molar-refractivity contribution >= 4 is 0 Å². The highest BCUT2D eigenvalue weighted by atomic mass is 15.2. The molecule has 1 heterocycles. The summed E-state index contributed by atoms with van der Waals surface area (Å²) in [6.07, 6.45) is 2.57. The van der Waals surface area contributed by atoms with Crippen LogP contribution in [0.25, 0.3) is 0 Å².